The first kappa shape index (κ1) is 14.4. The van der Waals surface area contributed by atoms with Crippen LogP contribution >= 0.6 is 34.8 Å². The van der Waals surface area contributed by atoms with Gasteiger partial charge in [0.1, 0.15) is 0 Å². The van der Waals surface area contributed by atoms with Gasteiger partial charge in [-0.1, -0.05) is 71.2 Å². The van der Waals surface area contributed by atoms with Crippen LogP contribution in [0.3, 0.4) is 0 Å². The van der Waals surface area contributed by atoms with E-state index in [1.807, 2.05) is 49.4 Å². The molecule has 0 spiro atoms. The minimum absolute atomic E-state index is 0.229. The van der Waals surface area contributed by atoms with Crippen LogP contribution in [-0.4, -0.2) is 9.70 Å². The molecule has 2 rings (SSSR count). The smallest absolute Gasteiger partial charge is 0.272 e. The molecule has 1 N–H and O–H groups in total. The van der Waals surface area contributed by atoms with Crippen LogP contribution in [0.1, 0.15) is 18.5 Å². The molecular formula is C14H12Cl3NO. The van der Waals surface area contributed by atoms with Crippen molar-refractivity contribution in [3.05, 3.63) is 48.0 Å². The minimum atomic E-state index is -1.94. The number of hydrogen-bond acceptors (Lipinski definition) is 1. The lowest BCUT2D eigenvalue weighted by Crippen LogP contribution is -2.36. The molecule has 0 bridgehead atoms. The van der Waals surface area contributed by atoms with Gasteiger partial charge in [-0.2, -0.15) is 0 Å². The maximum Gasteiger partial charge on any atom is 0.272 e. The van der Waals surface area contributed by atoms with Gasteiger partial charge < -0.3 is 5.32 Å². The highest BCUT2D eigenvalue weighted by Gasteiger charge is 2.31. The number of benzene rings is 2. The number of alkyl halides is 3. The van der Waals surface area contributed by atoms with E-state index in [-0.39, 0.29) is 6.04 Å². The third kappa shape index (κ3) is 3.53. The van der Waals surface area contributed by atoms with Crippen molar-refractivity contribution in [2.75, 3.05) is 0 Å². The first-order chi connectivity index (χ1) is 8.88. The lowest BCUT2D eigenvalue weighted by atomic mass is 10.0. The van der Waals surface area contributed by atoms with Crippen LogP contribution in [0, 0.1) is 0 Å². The number of nitrogens with one attached hydrogen (secondary N) is 1. The first-order valence-electron chi connectivity index (χ1n) is 5.74. The van der Waals surface area contributed by atoms with E-state index in [4.69, 9.17) is 34.8 Å². The van der Waals surface area contributed by atoms with Gasteiger partial charge in [-0.05, 0) is 29.3 Å². The Hall–Kier alpha value is -0.960. The van der Waals surface area contributed by atoms with Crippen molar-refractivity contribution in [3.8, 4) is 0 Å². The lowest BCUT2D eigenvalue weighted by molar-refractivity contribution is -0.120. The molecule has 0 aliphatic carbocycles. The van der Waals surface area contributed by atoms with Gasteiger partial charge in [-0.25, -0.2) is 0 Å². The summed E-state index contributed by atoms with van der Waals surface area (Å²) in [5.41, 5.74) is 0.960. The van der Waals surface area contributed by atoms with Crippen LogP contribution in [0.4, 0.5) is 0 Å². The van der Waals surface area contributed by atoms with Gasteiger partial charge >= 0.3 is 0 Å². The molecule has 0 aliphatic heterocycles. The number of fused-ring (bicyclic) bond motifs is 1. The summed E-state index contributed by atoms with van der Waals surface area (Å²) in [6, 6.07) is 13.7. The van der Waals surface area contributed by atoms with Gasteiger partial charge in [0.05, 0.1) is 6.04 Å². The zero-order valence-corrected chi connectivity index (χ0v) is 12.4. The topological polar surface area (TPSA) is 29.1 Å². The minimum Gasteiger partial charge on any atom is -0.346 e. The predicted molar refractivity (Wildman–Crippen MR) is 80.8 cm³/mol. The van der Waals surface area contributed by atoms with Gasteiger partial charge in [0.2, 0.25) is 0 Å². The molecule has 0 heterocycles. The standard InChI is InChI=1S/C14H12Cl3NO/c1-9(18-13(19)14(15,16)17)11-7-6-10-4-2-3-5-12(10)8-11/h2-9H,1H3,(H,18,19). The van der Waals surface area contributed by atoms with Gasteiger partial charge in [-0.3, -0.25) is 4.79 Å². The SMILES string of the molecule is CC(NC(=O)C(Cl)(Cl)Cl)c1ccc2ccccc2c1. The van der Waals surface area contributed by atoms with E-state index >= 15 is 0 Å². The molecule has 0 aromatic heterocycles. The fraction of sp³-hybridized carbons (Fsp3) is 0.214. The summed E-state index contributed by atoms with van der Waals surface area (Å²) in [5, 5.41) is 4.92. The summed E-state index contributed by atoms with van der Waals surface area (Å²) in [4.78, 5) is 11.6. The molecule has 0 fully saturated rings. The van der Waals surface area contributed by atoms with E-state index in [1.54, 1.807) is 0 Å². The number of halogens is 3. The molecular weight excluding hydrogens is 305 g/mol. The number of carbonyl (C=O) groups excluding carboxylic acids is 1. The van der Waals surface area contributed by atoms with Gasteiger partial charge in [0, 0.05) is 0 Å². The van der Waals surface area contributed by atoms with Crippen LogP contribution in [0.25, 0.3) is 10.8 Å². The summed E-state index contributed by atoms with van der Waals surface area (Å²) in [6.45, 7) is 1.85. The van der Waals surface area contributed by atoms with Gasteiger partial charge in [0.25, 0.3) is 9.70 Å². The molecule has 0 saturated heterocycles. The van der Waals surface area contributed by atoms with Crippen molar-refractivity contribution < 1.29 is 4.79 Å². The first-order valence-corrected chi connectivity index (χ1v) is 6.88. The van der Waals surface area contributed by atoms with E-state index in [0.29, 0.717) is 0 Å². The molecule has 100 valence electrons. The lowest BCUT2D eigenvalue weighted by Gasteiger charge is -2.18. The molecule has 2 aromatic rings. The Kier molecular flexibility index (Phi) is 4.24. The van der Waals surface area contributed by atoms with E-state index in [0.717, 1.165) is 16.3 Å². The van der Waals surface area contributed by atoms with Crippen LogP contribution in [-0.2, 0) is 4.79 Å². The van der Waals surface area contributed by atoms with E-state index in [2.05, 4.69) is 5.32 Å². The van der Waals surface area contributed by atoms with E-state index in [1.165, 1.54) is 0 Å². The Morgan fingerprint density at radius 1 is 1.11 bits per heavy atom. The third-order valence-electron chi connectivity index (χ3n) is 2.88. The fourth-order valence-corrected chi connectivity index (χ4v) is 2.00. The second-order valence-electron chi connectivity index (χ2n) is 4.30. The fourth-order valence-electron chi connectivity index (χ4n) is 1.84. The molecule has 1 amide bonds. The largest absolute Gasteiger partial charge is 0.346 e. The quantitative estimate of drug-likeness (QED) is 0.818. The molecule has 19 heavy (non-hydrogen) atoms. The Morgan fingerprint density at radius 3 is 2.37 bits per heavy atom. The highest BCUT2D eigenvalue weighted by Crippen LogP contribution is 2.27. The Labute approximate surface area is 126 Å². The number of amides is 1. The van der Waals surface area contributed by atoms with Gasteiger partial charge in [-0.15, -0.1) is 0 Å². The summed E-state index contributed by atoms with van der Waals surface area (Å²) in [7, 11) is 0. The summed E-state index contributed by atoms with van der Waals surface area (Å²) in [6.07, 6.45) is 0. The van der Waals surface area contributed by atoms with Crippen LogP contribution < -0.4 is 5.32 Å². The second kappa shape index (κ2) is 5.58. The summed E-state index contributed by atoms with van der Waals surface area (Å²) >= 11 is 16.6. The zero-order valence-electron chi connectivity index (χ0n) is 10.2. The normalized spacial score (nSPS) is 13.3. The molecule has 0 radical (unpaired) electrons. The van der Waals surface area contributed by atoms with E-state index < -0.39 is 9.70 Å². The van der Waals surface area contributed by atoms with Gasteiger partial charge in [0.15, 0.2) is 0 Å². The summed E-state index contributed by atoms with van der Waals surface area (Å²) < 4.78 is -1.94. The molecule has 2 nitrogen and oxygen atoms in total. The van der Waals surface area contributed by atoms with Crippen molar-refractivity contribution in [1.82, 2.24) is 5.32 Å². The van der Waals surface area contributed by atoms with Crippen LogP contribution in [0.5, 0.6) is 0 Å². The molecule has 0 aliphatic rings. The number of hydrogen-bond donors (Lipinski definition) is 1. The molecule has 1 unspecified atom stereocenters. The molecule has 5 heteroatoms. The van der Waals surface area contributed by atoms with E-state index in [9.17, 15) is 4.79 Å². The second-order valence-corrected chi connectivity index (χ2v) is 6.58. The highest BCUT2D eigenvalue weighted by atomic mass is 35.6. The van der Waals surface area contributed by atoms with Crippen molar-refractivity contribution >= 4 is 51.5 Å². The molecule has 1 atom stereocenters. The van der Waals surface area contributed by atoms with Crippen LogP contribution in [0.15, 0.2) is 42.5 Å². The maximum absolute atomic E-state index is 11.6. The monoisotopic (exact) mass is 315 g/mol. The average Bonchev–Trinajstić information content (AvgIpc) is 2.37. The molecule has 2 aromatic carbocycles. The van der Waals surface area contributed by atoms with Crippen molar-refractivity contribution in [3.63, 3.8) is 0 Å². The van der Waals surface area contributed by atoms with Crippen LogP contribution in [0.2, 0.25) is 0 Å². The van der Waals surface area contributed by atoms with Crippen molar-refractivity contribution in [2.24, 2.45) is 0 Å². The Bertz CT molecular complexity index is 607. The maximum atomic E-state index is 11.6. The number of rotatable bonds is 2. The van der Waals surface area contributed by atoms with Crippen molar-refractivity contribution in [2.45, 2.75) is 16.8 Å². The Morgan fingerprint density at radius 2 is 1.74 bits per heavy atom. The Balaban J connectivity index is 2.22. The number of carbonyl (C=O) groups is 1. The zero-order chi connectivity index (χ0) is 14.0. The third-order valence-corrected chi connectivity index (χ3v) is 3.39. The molecule has 0 saturated carbocycles. The highest BCUT2D eigenvalue weighted by molar-refractivity contribution is 6.76. The average molecular weight is 317 g/mol. The van der Waals surface area contributed by atoms with Crippen molar-refractivity contribution in [1.29, 1.82) is 0 Å². The predicted octanol–water partition coefficient (Wildman–Crippen LogP) is 4.39. The summed E-state index contributed by atoms with van der Waals surface area (Å²) in [5.74, 6) is -0.627.